The van der Waals surface area contributed by atoms with Gasteiger partial charge in [0.2, 0.25) is 0 Å². The molecule has 47 heavy (non-hydrogen) atoms. The molecule has 0 fully saturated rings. The Bertz CT molecular complexity index is 1800. The molecular weight excluding hydrogens is 707 g/mol. The Kier molecular flexibility index (Phi) is 15.5. The van der Waals surface area contributed by atoms with Crippen LogP contribution in [0.15, 0.2) is 109 Å². The van der Waals surface area contributed by atoms with Crippen molar-refractivity contribution in [2.75, 3.05) is 0 Å². The van der Waals surface area contributed by atoms with E-state index in [2.05, 4.69) is 178 Å². The predicted molar refractivity (Wildman–Crippen MR) is 211 cm³/mol. The third-order valence-electron chi connectivity index (χ3n) is 8.29. The molecule has 0 N–H and O–H groups in total. The molecule has 6 aromatic carbocycles. The van der Waals surface area contributed by atoms with Gasteiger partial charge in [-0.1, -0.05) is 140 Å². The molecule has 0 unspecified atom stereocenters. The summed E-state index contributed by atoms with van der Waals surface area (Å²) in [5.74, 6) is 1.16. The van der Waals surface area contributed by atoms with Crippen molar-refractivity contribution < 1.29 is 20.8 Å². The summed E-state index contributed by atoms with van der Waals surface area (Å²) in [7, 11) is 11.0. The van der Waals surface area contributed by atoms with Crippen LogP contribution in [0.4, 0.5) is 0 Å². The van der Waals surface area contributed by atoms with Crippen molar-refractivity contribution in [3.63, 3.8) is 0 Å². The van der Waals surface area contributed by atoms with Crippen LogP contribution in [0.5, 0.6) is 0 Å². The van der Waals surface area contributed by atoms with Gasteiger partial charge in [0.1, 0.15) is 0 Å². The van der Waals surface area contributed by atoms with Crippen LogP contribution in [0.3, 0.4) is 0 Å². The zero-order chi connectivity index (χ0) is 34.7. The second-order valence-electron chi connectivity index (χ2n) is 13.8. The van der Waals surface area contributed by atoms with Gasteiger partial charge in [-0.2, -0.15) is 12.1 Å². The molecule has 4 heteroatoms. The van der Waals surface area contributed by atoms with E-state index in [-0.39, 0.29) is 5.41 Å². The van der Waals surface area contributed by atoms with Crippen LogP contribution in [0.1, 0.15) is 82.6 Å². The first-order valence-corrected chi connectivity index (χ1v) is 24.8. The Labute approximate surface area is 306 Å². The minimum atomic E-state index is -0.826. The fourth-order valence-corrected chi connectivity index (χ4v) is 5.68. The Morgan fingerprint density at radius 1 is 0.638 bits per heavy atom. The Hall–Kier alpha value is -2.22. The van der Waals surface area contributed by atoms with Crippen LogP contribution in [-0.4, -0.2) is 9.52 Å². The molecule has 0 amide bonds. The fourth-order valence-electron chi connectivity index (χ4n) is 5.68. The Balaban J connectivity index is 0.000000221. The fraction of sp³-hybridized carbons (Fsp3) is 0.302. The summed E-state index contributed by atoms with van der Waals surface area (Å²) >= 11 is -0.826. The summed E-state index contributed by atoms with van der Waals surface area (Å²) in [5.41, 5.74) is 11.0. The molecule has 0 heterocycles. The molecule has 0 saturated carbocycles. The van der Waals surface area contributed by atoms with Gasteiger partial charge in [-0.25, -0.2) is 0 Å². The molecule has 0 nitrogen and oxygen atoms in total. The molecule has 0 aromatic heterocycles. The van der Waals surface area contributed by atoms with Gasteiger partial charge in [-0.05, 0) is 39.5 Å². The first-order chi connectivity index (χ1) is 22.3. The van der Waals surface area contributed by atoms with Crippen molar-refractivity contribution in [1.82, 2.24) is 0 Å². The summed E-state index contributed by atoms with van der Waals surface area (Å²) in [4.78, 5) is 0. The molecule has 6 rings (SSSR count). The third-order valence-corrected chi connectivity index (χ3v) is 8.29. The SMILES string of the molecule is CC(C)c1cc2c(-c3ccc(C(C)(C)C)cc3)cccc2[cH-]1.C[Si]C.Cc1cc2c(-c3ccc(C(C)C)cc3)cccc2[cH-]1.[Cl][Zr+2][Cl]. The quantitative estimate of drug-likeness (QED) is 0.124. The van der Waals surface area contributed by atoms with Crippen molar-refractivity contribution in [3.8, 4) is 22.3 Å². The van der Waals surface area contributed by atoms with E-state index in [1.54, 1.807) is 0 Å². The van der Waals surface area contributed by atoms with E-state index in [1.165, 1.54) is 66.1 Å². The molecule has 0 aliphatic carbocycles. The second-order valence-corrected chi connectivity index (χ2v) is 18.5. The number of fused-ring (bicyclic) bond motifs is 2. The second kappa shape index (κ2) is 18.5. The van der Waals surface area contributed by atoms with Gasteiger partial charge in [-0.3, -0.25) is 0 Å². The molecule has 0 atom stereocenters. The van der Waals surface area contributed by atoms with E-state index < -0.39 is 20.8 Å². The summed E-state index contributed by atoms with van der Waals surface area (Å²) < 4.78 is 0. The van der Waals surface area contributed by atoms with Gasteiger partial charge in [0, 0.05) is 9.52 Å². The van der Waals surface area contributed by atoms with Gasteiger partial charge >= 0.3 is 37.9 Å². The topological polar surface area (TPSA) is 0 Å². The number of aryl methyl sites for hydroxylation is 1. The van der Waals surface area contributed by atoms with E-state index in [1.807, 2.05) is 0 Å². The van der Waals surface area contributed by atoms with E-state index in [0.717, 1.165) is 9.52 Å². The van der Waals surface area contributed by atoms with E-state index in [0.29, 0.717) is 11.8 Å². The van der Waals surface area contributed by atoms with Crippen LogP contribution in [0, 0.1) is 6.92 Å². The molecule has 0 aliphatic heterocycles. The maximum absolute atomic E-state index is 4.93. The minimum absolute atomic E-state index is 0.204. The molecule has 0 spiro atoms. The van der Waals surface area contributed by atoms with E-state index >= 15 is 0 Å². The van der Waals surface area contributed by atoms with Crippen LogP contribution >= 0.6 is 17.0 Å². The van der Waals surface area contributed by atoms with Gasteiger partial charge in [0.15, 0.2) is 0 Å². The predicted octanol–water partition coefficient (Wildman–Crippen LogP) is 14.5. The van der Waals surface area contributed by atoms with Gasteiger partial charge in [0.25, 0.3) is 0 Å². The van der Waals surface area contributed by atoms with Crippen LogP contribution in [0.25, 0.3) is 43.8 Å². The zero-order valence-electron chi connectivity index (χ0n) is 29.8. The van der Waals surface area contributed by atoms with Gasteiger partial charge in [0.05, 0.1) is 0 Å². The number of rotatable bonds is 4. The summed E-state index contributed by atoms with van der Waals surface area (Å²) in [6.45, 7) is 22.2. The normalized spacial score (nSPS) is 10.9. The maximum atomic E-state index is 4.93. The molecular formula is C43H50Cl2SiZr. The zero-order valence-corrected chi connectivity index (χ0v) is 34.8. The molecule has 0 saturated heterocycles. The van der Waals surface area contributed by atoms with Crippen LogP contribution in [0.2, 0.25) is 13.1 Å². The number of hydrogen-bond donors (Lipinski definition) is 0. The molecule has 6 aromatic rings. The van der Waals surface area contributed by atoms with Crippen molar-refractivity contribution in [2.45, 2.75) is 85.7 Å². The average Bonchev–Trinajstić information content (AvgIpc) is 3.65. The first kappa shape index (κ1) is 39.2. The average molecular weight is 757 g/mol. The van der Waals surface area contributed by atoms with Crippen LogP contribution < -0.4 is 0 Å². The number of benzene rings is 4. The monoisotopic (exact) mass is 754 g/mol. The van der Waals surface area contributed by atoms with E-state index in [4.69, 9.17) is 17.0 Å². The van der Waals surface area contributed by atoms with Crippen molar-refractivity contribution in [2.24, 2.45) is 0 Å². The summed E-state index contributed by atoms with van der Waals surface area (Å²) in [6.07, 6.45) is 0. The molecule has 2 radical (unpaired) electrons. The summed E-state index contributed by atoms with van der Waals surface area (Å²) in [6, 6.07) is 40.4. The van der Waals surface area contributed by atoms with Crippen LogP contribution in [-0.2, 0) is 26.3 Å². The molecule has 0 bridgehead atoms. The first-order valence-electron chi connectivity index (χ1n) is 16.5. The standard InChI is InChI=1S/C22H25.C19H19.C2H6Si.2ClH.Zr/c1-15(2)18-13-17-7-6-8-20(21(17)14-18)16-9-11-19(12-10-16)22(3,4)5;1-13(2)15-7-9-16(10-8-15)18-6-4-5-17-11-14(3)12-19(17)18;1-3-2;;;/h6-15H,1-5H3;4-13H,1-3H3;1-2H3;2*1H;/q2*-1;;;;+4/p-2. The number of hydrogen-bond acceptors (Lipinski definition) is 0. The van der Waals surface area contributed by atoms with Crippen molar-refractivity contribution in [1.29, 1.82) is 0 Å². The third kappa shape index (κ3) is 10.9. The van der Waals surface area contributed by atoms with E-state index in [9.17, 15) is 0 Å². The van der Waals surface area contributed by atoms with Crippen molar-refractivity contribution >= 4 is 48.1 Å². The summed E-state index contributed by atoms with van der Waals surface area (Å²) in [5, 5.41) is 5.41. The molecule has 244 valence electrons. The van der Waals surface area contributed by atoms with Gasteiger partial charge in [-0.15, -0.1) is 69.1 Å². The Morgan fingerprint density at radius 2 is 1.09 bits per heavy atom. The van der Waals surface area contributed by atoms with Crippen molar-refractivity contribution in [3.05, 3.63) is 131 Å². The molecule has 0 aliphatic rings. The number of halogens is 2. The van der Waals surface area contributed by atoms with Gasteiger partial charge < -0.3 is 0 Å². The Morgan fingerprint density at radius 3 is 1.53 bits per heavy atom.